The molecule has 5 nitrogen and oxygen atoms in total. The van der Waals surface area contributed by atoms with E-state index in [4.69, 9.17) is 16.3 Å². The summed E-state index contributed by atoms with van der Waals surface area (Å²) in [6.07, 6.45) is -0.270. The van der Waals surface area contributed by atoms with Crippen LogP contribution in [0.2, 0.25) is 5.02 Å². The van der Waals surface area contributed by atoms with Gasteiger partial charge in [-0.05, 0) is 61.2 Å². The molecule has 9 heteroatoms. The number of halogens is 4. The van der Waals surface area contributed by atoms with Crippen LogP contribution in [0, 0.1) is 0 Å². The molecule has 1 aliphatic rings. The number of alkyl halides is 3. The van der Waals surface area contributed by atoms with Crippen LogP contribution in [0.3, 0.4) is 0 Å². The lowest BCUT2D eigenvalue weighted by Gasteiger charge is -2.34. The third kappa shape index (κ3) is 5.95. The largest absolute Gasteiger partial charge is 0.457 e. The molecule has 0 spiro atoms. The normalized spacial score (nSPS) is 15.7. The van der Waals surface area contributed by atoms with Gasteiger partial charge in [-0.2, -0.15) is 18.3 Å². The molecule has 0 bridgehead atoms. The minimum absolute atomic E-state index is 0.00997. The van der Waals surface area contributed by atoms with Gasteiger partial charge in [0.15, 0.2) is 0 Å². The van der Waals surface area contributed by atoms with Crippen LogP contribution in [0.4, 0.5) is 13.2 Å². The predicted molar refractivity (Wildman–Crippen MR) is 119 cm³/mol. The minimum atomic E-state index is -4.69. The highest BCUT2D eigenvalue weighted by Gasteiger charge is 2.42. The number of hydrogen-bond acceptors (Lipinski definition) is 5. The van der Waals surface area contributed by atoms with E-state index in [9.17, 15) is 18.3 Å². The monoisotopic (exact) mass is 467 g/mol. The number of allylic oxidation sites excluding steroid dienone is 1. The number of hydrazone groups is 1. The number of β-amino-alcohol motifs (C(OH)–C–C–N with tert-alkyl or cyclic N) is 1. The van der Waals surface area contributed by atoms with E-state index >= 15 is 0 Å². The van der Waals surface area contributed by atoms with Gasteiger partial charge in [0, 0.05) is 12.1 Å². The molecule has 0 saturated heterocycles. The molecule has 0 saturated carbocycles. The summed E-state index contributed by atoms with van der Waals surface area (Å²) < 4.78 is 47.8. The quantitative estimate of drug-likeness (QED) is 0.371. The van der Waals surface area contributed by atoms with Crippen LogP contribution in [-0.4, -0.2) is 41.6 Å². The molecule has 0 amide bonds. The fourth-order valence-electron chi connectivity index (χ4n) is 3.59. The van der Waals surface area contributed by atoms with Gasteiger partial charge in [0.05, 0.1) is 12.1 Å². The van der Waals surface area contributed by atoms with Crippen molar-refractivity contribution in [2.45, 2.75) is 31.0 Å². The lowest BCUT2D eigenvalue weighted by Crippen LogP contribution is -2.41. The number of unbranched alkanes of at least 4 members (excludes halogenated alkanes) is 1. The van der Waals surface area contributed by atoms with Gasteiger partial charge in [-0.3, -0.25) is 5.01 Å². The molecule has 1 aliphatic heterocycles. The Morgan fingerprint density at radius 2 is 1.84 bits per heavy atom. The molecular formula is C23H25ClF3N3O2. The zero-order valence-corrected chi connectivity index (χ0v) is 18.4. The Hall–Kier alpha value is -2.71. The summed E-state index contributed by atoms with van der Waals surface area (Å²) in [5.41, 5.74) is -2.92. The van der Waals surface area contributed by atoms with Crippen LogP contribution in [0.25, 0.3) is 0 Å². The fourth-order valence-corrected chi connectivity index (χ4v) is 3.71. The summed E-state index contributed by atoms with van der Waals surface area (Å²) in [6.45, 7) is 3.95. The van der Waals surface area contributed by atoms with Crippen molar-refractivity contribution in [3.8, 4) is 11.5 Å². The van der Waals surface area contributed by atoms with Gasteiger partial charge < -0.3 is 14.7 Å². The highest BCUT2D eigenvalue weighted by molar-refractivity contribution is 6.30. The van der Waals surface area contributed by atoms with Crippen LogP contribution in [0.1, 0.15) is 30.4 Å². The third-order valence-corrected chi connectivity index (χ3v) is 5.34. The van der Waals surface area contributed by atoms with Crippen molar-refractivity contribution in [3.05, 3.63) is 71.3 Å². The lowest BCUT2D eigenvalue weighted by molar-refractivity contribution is -0.141. The zero-order valence-electron chi connectivity index (χ0n) is 17.6. The van der Waals surface area contributed by atoms with Crippen molar-refractivity contribution in [1.29, 1.82) is 0 Å². The minimum Gasteiger partial charge on any atom is -0.457 e. The number of aliphatic hydroxyl groups is 1. The van der Waals surface area contributed by atoms with E-state index < -0.39 is 17.3 Å². The Labute approximate surface area is 190 Å². The van der Waals surface area contributed by atoms with Gasteiger partial charge in [-0.1, -0.05) is 23.7 Å². The second-order valence-corrected chi connectivity index (χ2v) is 8.20. The van der Waals surface area contributed by atoms with Crippen LogP contribution in [0.5, 0.6) is 11.5 Å². The van der Waals surface area contributed by atoms with Gasteiger partial charge in [0.2, 0.25) is 0 Å². The summed E-state index contributed by atoms with van der Waals surface area (Å²) >= 11 is 5.85. The van der Waals surface area contributed by atoms with Crippen LogP contribution >= 0.6 is 11.6 Å². The van der Waals surface area contributed by atoms with Crippen LogP contribution in [0.15, 0.2) is 60.2 Å². The topological polar surface area (TPSA) is 48.3 Å². The first-order chi connectivity index (χ1) is 15.1. The molecule has 2 aromatic carbocycles. The highest BCUT2D eigenvalue weighted by atomic mass is 35.5. The number of nitrogens with zero attached hydrogens (tertiary/aromatic N) is 3. The molecule has 32 heavy (non-hydrogen) atoms. The molecule has 2 aromatic rings. The first-order valence-corrected chi connectivity index (χ1v) is 10.5. The maximum atomic E-state index is 14.1. The standard InChI is InChI=1S/C23H25ClF3N3O2/c1-3-4-5-12-22(31,14-30-16-29(2)15-28-30)20-11-10-19(13-21(20)23(25,26)27)32-18-8-6-17(24)7-9-18/h3,6-11,13,15,31H,1,4-5,12,14,16H2,2H3. The van der Waals surface area contributed by atoms with Gasteiger partial charge in [0.1, 0.15) is 30.1 Å². The van der Waals surface area contributed by atoms with E-state index in [1.54, 1.807) is 53.6 Å². The summed E-state index contributed by atoms with van der Waals surface area (Å²) in [4.78, 5) is 1.78. The number of benzene rings is 2. The van der Waals surface area contributed by atoms with Crippen molar-refractivity contribution < 1.29 is 23.0 Å². The Morgan fingerprint density at radius 1 is 1.16 bits per heavy atom. The van der Waals surface area contributed by atoms with Crippen molar-refractivity contribution in [1.82, 2.24) is 9.91 Å². The molecular weight excluding hydrogens is 443 g/mol. The van der Waals surface area contributed by atoms with Crippen molar-refractivity contribution in [3.63, 3.8) is 0 Å². The SMILES string of the molecule is C=CCCCC(O)(CN1CN(C)C=N1)c1ccc(Oc2ccc(Cl)cc2)cc1C(F)(F)F. The summed E-state index contributed by atoms with van der Waals surface area (Å²) in [5.74, 6) is 0.363. The Morgan fingerprint density at radius 3 is 2.44 bits per heavy atom. The van der Waals surface area contributed by atoms with E-state index in [2.05, 4.69) is 11.7 Å². The third-order valence-electron chi connectivity index (χ3n) is 5.09. The summed E-state index contributed by atoms with van der Waals surface area (Å²) in [6, 6.07) is 9.93. The second kappa shape index (κ2) is 9.83. The Bertz CT molecular complexity index is 966. The predicted octanol–water partition coefficient (Wildman–Crippen LogP) is 5.84. The molecule has 1 unspecified atom stereocenters. The molecule has 172 valence electrons. The van der Waals surface area contributed by atoms with E-state index in [1.807, 2.05) is 0 Å². The van der Waals surface area contributed by atoms with Gasteiger partial charge in [-0.15, -0.1) is 6.58 Å². The Balaban J connectivity index is 1.97. The second-order valence-electron chi connectivity index (χ2n) is 7.77. The molecule has 0 fully saturated rings. The van der Waals surface area contributed by atoms with E-state index in [-0.39, 0.29) is 24.3 Å². The number of hydrogen-bond donors (Lipinski definition) is 1. The molecule has 1 N–H and O–H groups in total. The number of rotatable bonds is 9. The fraction of sp³-hybridized carbons (Fsp3) is 0.348. The summed E-state index contributed by atoms with van der Waals surface area (Å²) in [5, 5.41) is 17.7. The molecule has 1 heterocycles. The van der Waals surface area contributed by atoms with Gasteiger partial charge in [-0.25, -0.2) is 0 Å². The van der Waals surface area contributed by atoms with Crippen LogP contribution in [-0.2, 0) is 11.8 Å². The highest BCUT2D eigenvalue weighted by Crippen LogP contribution is 2.42. The molecule has 1 atom stereocenters. The molecule has 3 rings (SSSR count). The average Bonchev–Trinajstić information content (AvgIpc) is 3.13. The van der Waals surface area contributed by atoms with Crippen molar-refractivity contribution >= 4 is 17.9 Å². The maximum Gasteiger partial charge on any atom is 0.416 e. The van der Waals surface area contributed by atoms with Crippen molar-refractivity contribution in [2.24, 2.45) is 5.10 Å². The first-order valence-electron chi connectivity index (χ1n) is 10.1. The van der Waals surface area contributed by atoms with Crippen molar-refractivity contribution in [2.75, 3.05) is 20.3 Å². The molecule has 0 radical (unpaired) electrons. The van der Waals surface area contributed by atoms with Gasteiger partial charge >= 0.3 is 6.18 Å². The van der Waals surface area contributed by atoms with E-state index in [0.29, 0.717) is 30.3 Å². The van der Waals surface area contributed by atoms with Crippen LogP contribution < -0.4 is 4.74 Å². The van der Waals surface area contributed by atoms with E-state index in [1.165, 1.54) is 12.1 Å². The number of ether oxygens (including phenoxy) is 1. The average molecular weight is 468 g/mol. The van der Waals surface area contributed by atoms with E-state index in [0.717, 1.165) is 6.07 Å². The van der Waals surface area contributed by atoms with Gasteiger partial charge in [0.25, 0.3) is 0 Å². The summed E-state index contributed by atoms with van der Waals surface area (Å²) in [7, 11) is 1.80. The molecule has 0 aliphatic carbocycles. The first kappa shape index (κ1) is 23.9. The maximum absolute atomic E-state index is 14.1. The zero-order chi connectivity index (χ0) is 23.4. The molecule has 0 aromatic heterocycles. The Kier molecular flexibility index (Phi) is 7.36. The lowest BCUT2D eigenvalue weighted by atomic mass is 9.84. The smallest absolute Gasteiger partial charge is 0.416 e.